The van der Waals surface area contributed by atoms with Crippen LogP contribution in [-0.2, 0) is 22.6 Å². The number of carbonyl (C=O) groups excluding carboxylic acids is 1. The number of carbonyl (C=O) groups is 1. The molecule has 1 amide bonds. The van der Waals surface area contributed by atoms with Crippen LogP contribution < -0.4 is 10.1 Å². The lowest BCUT2D eigenvalue weighted by Crippen LogP contribution is -2.45. The molecule has 1 aliphatic heterocycles. The highest BCUT2D eigenvalue weighted by Crippen LogP contribution is 2.38. The summed E-state index contributed by atoms with van der Waals surface area (Å²) >= 11 is 0. The van der Waals surface area contributed by atoms with Crippen LogP contribution >= 0.6 is 0 Å². The molecular formula is C21H21F3N2O4. The summed E-state index contributed by atoms with van der Waals surface area (Å²) in [5.41, 5.74) is 2.12. The van der Waals surface area contributed by atoms with Crippen LogP contribution in [0.15, 0.2) is 53.7 Å². The number of methoxy groups -OCH3 is 1. The van der Waals surface area contributed by atoms with Gasteiger partial charge in [0.25, 0.3) is 0 Å². The number of aryl methyl sites for hydroxylation is 1. The highest BCUT2D eigenvalue weighted by molar-refractivity contribution is 6.01. The van der Waals surface area contributed by atoms with Crippen LogP contribution in [0.1, 0.15) is 29.5 Å². The lowest BCUT2D eigenvalue weighted by molar-refractivity contribution is -0.355. The van der Waals surface area contributed by atoms with E-state index in [1.807, 2.05) is 24.3 Å². The van der Waals surface area contributed by atoms with Crippen molar-refractivity contribution in [2.75, 3.05) is 7.11 Å². The van der Waals surface area contributed by atoms with E-state index in [0.717, 1.165) is 16.9 Å². The maximum Gasteiger partial charge on any atom is 0.458 e. The minimum absolute atomic E-state index is 0.00205. The normalized spacial score (nSPS) is 18.5. The number of rotatable bonds is 7. The summed E-state index contributed by atoms with van der Waals surface area (Å²) in [6.45, 7) is 0.278. The number of hydrogen-bond donors (Lipinski definition) is 2. The summed E-state index contributed by atoms with van der Waals surface area (Å²) < 4.78 is 43.6. The minimum atomic E-state index is -4.94. The Hall–Kier alpha value is -3.07. The van der Waals surface area contributed by atoms with E-state index in [0.29, 0.717) is 18.4 Å². The first-order valence-corrected chi connectivity index (χ1v) is 9.24. The van der Waals surface area contributed by atoms with Gasteiger partial charge in [0.15, 0.2) is 0 Å². The number of alkyl halides is 3. The molecule has 0 saturated heterocycles. The Morgan fingerprint density at radius 1 is 1.23 bits per heavy atom. The predicted octanol–water partition coefficient (Wildman–Crippen LogP) is 3.32. The second-order valence-corrected chi connectivity index (χ2v) is 6.87. The fraction of sp³-hybridized carbons (Fsp3) is 0.333. The molecular weight excluding hydrogens is 401 g/mol. The van der Waals surface area contributed by atoms with Gasteiger partial charge in [-0.25, -0.2) is 0 Å². The second kappa shape index (κ2) is 8.74. The minimum Gasteiger partial charge on any atom is -0.496 e. The van der Waals surface area contributed by atoms with Crippen LogP contribution in [0.2, 0.25) is 0 Å². The van der Waals surface area contributed by atoms with E-state index in [1.165, 1.54) is 0 Å². The van der Waals surface area contributed by atoms with E-state index >= 15 is 0 Å². The van der Waals surface area contributed by atoms with Gasteiger partial charge in [0, 0.05) is 13.0 Å². The van der Waals surface area contributed by atoms with Crippen molar-refractivity contribution in [1.29, 1.82) is 0 Å². The molecule has 0 spiro atoms. The highest BCUT2D eigenvalue weighted by atomic mass is 19.4. The van der Waals surface area contributed by atoms with Crippen molar-refractivity contribution in [3.8, 4) is 5.75 Å². The van der Waals surface area contributed by atoms with Gasteiger partial charge in [0.2, 0.25) is 5.91 Å². The van der Waals surface area contributed by atoms with Gasteiger partial charge < -0.3 is 20.0 Å². The number of para-hydroxylation sites is 1. The summed E-state index contributed by atoms with van der Waals surface area (Å²) in [6.07, 6.45) is -4.89. The number of ether oxygens (including phenoxy) is 1. The van der Waals surface area contributed by atoms with Crippen LogP contribution in [-0.4, -0.2) is 35.8 Å². The average Bonchev–Trinajstić information content (AvgIpc) is 3.15. The van der Waals surface area contributed by atoms with Gasteiger partial charge in [-0.05, 0) is 29.2 Å². The number of halogens is 3. The molecule has 1 heterocycles. The predicted molar refractivity (Wildman–Crippen MR) is 103 cm³/mol. The van der Waals surface area contributed by atoms with E-state index in [9.17, 15) is 23.1 Å². The van der Waals surface area contributed by atoms with Crippen LogP contribution in [0.3, 0.4) is 0 Å². The standard InChI is InChI=1S/C21H21F3N2O4/c1-29-18-5-3-2-4-16(18)10-11-19(27)25-13-14-6-8-15(9-7-14)17-12-20(28,30-26-17)21(22,23)24/h2-9,28H,10-13H2,1H3,(H,25,27). The Bertz CT molecular complexity index is 929. The smallest absolute Gasteiger partial charge is 0.458 e. The summed E-state index contributed by atoms with van der Waals surface area (Å²) in [5, 5.41) is 15.7. The molecule has 0 bridgehead atoms. The van der Waals surface area contributed by atoms with Gasteiger partial charge in [-0.15, -0.1) is 0 Å². The van der Waals surface area contributed by atoms with E-state index < -0.39 is 18.4 Å². The quantitative estimate of drug-likeness (QED) is 0.718. The molecule has 3 rings (SSSR count). The second-order valence-electron chi connectivity index (χ2n) is 6.87. The number of amides is 1. The largest absolute Gasteiger partial charge is 0.496 e. The Morgan fingerprint density at radius 3 is 2.57 bits per heavy atom. The zero-order valence-corrected chi connectivity index (χ0v) is 16.2. The lowest BCUT2D eigenvalue weighted by Gasteiger charge is -2.22. The molecule has 2 aromatic rings. The van der Waals surface area contributed by atoms with Crippen LogP contribution in [0.25, 0.3) is 0 Å². The first-order valence-electron chi connectivity index (χ1n) is 9.24. The summed E-state index contributed by atoms with van der Waals surface area (Å²) in [7, 11) is 1.58. The first kappa shape index (κ1) is 21.6. The Morgan fingerprint density at radius 2 is 1.93 bits per heavy atom. The topological polar surface area (TPSA) is 80.2 Å². The zero-order chi connectivity index (χ0) is 21.8. The van der Waals surface area contributed by atoms with E-state index in [4.69, 9.17) is 4.74 Å². The highest BCUT2D eigenvalue weighted by Gasteiger charge is 2.60. The summed E-state index contributed by atoms with van der Waals surface area (Å²) in [4.78, 5) is 16.3. The van der Waals surface area contributed by atoms with Crippen molar-refractivity contribution in [3.05, 3.63) is 65.2 Å². The van der Waals surface area contributed by atoms with E-state index in [2.05, 4.69) is 15.3 Å². The van der Waals surface area contributed by atoms with Crippen molar-refractivity contribution in [3.63, 3.8) is 0 Å². The molecule has 1 unspecified atom stereocenters. The molecule has 0 fully saturated rings. The Labute approximate surface area is 171 Å². The lowest BCUT2D eigenvalue weighted by atomic mass is 10.0. The molecule has 160 valence electrons. The molecule has 2 aromatic carbocycles. The number of oxime groups is 1. The molecule has 0 aliphatic carbocycles. The van der Waals surface area contributed by atoms with Gasteiger partial charge >= 0.3 is 12.0 Å². The van der Waals surface area contributed by atoms with Crippen molar-refractivity contribution in [2.45, 2.75) is 37.8 Å². The van der Waals surface area contributed by atoms with Gasteiger partial charge in [-0.3, -0.25) is 4.79 Å². The van der Waals surface area contributed by atoms with E-state index in [1.54, 1.807) is 31.4 Å². The third-order valence-electron chi connectivity index (χ3n) is 4.75. The van der Waals surface area contributed by atoms with Gasteiger partial charge in [0.05, 0.1) is 19.2 Å². The maximum absolute atomic E-state index is 12.8. The third kappa shape index (κ3) is 4.91. The molecule has 30 heavy (non-hydrogen) atoms. The molecule has 9 heteroatoms. The Balaban J connectivity index is 1.50. The van der Waals surface area contributed by atoms with Crippen LogP contribution in [0.5, 0.6) is 5.75 Å². The Kier molecular flexibility index (Phi) is 6.31. The molecule has 6 nitrogen and oxygen atoms in total. The number of nitrogens with one attached hydrogen (secondary N) is 1. The molecule has 1 aliphatic rings. The fourth-order valence-corrected chi connectivity index (χ4v) is 2.99. The van der Waals surface area contributed by atoms with Gasteiger partial charge in [0.1, 0.15) is 5.75 Å². The summed E-state index contributed by atoms with van der Waals surface area (Å²) in [6, 6.07) is 14.0. The SMILES string of the molecule is COc1ccccc1CCC(=O)NCc1ccc(C2=NOC(O)(C(F)(F)F)C2)cc1. The van der Waals surface area contributed by atoms with Gasteiger partial charge in [-0.2, -0.15) is 13.2 Å². The number of benzene rings is 2. The molecule has 1 atom stereocenters. The number of nitrogens with zero attached hydrogens (tertiary/aromatic N) is 1. The third-order valence-corrected chi connectivity index (χ3v) is 4.75. The number of hydrogen-bond acceptors (Lipinski definition) is 5. The monoisotopic (exact) mass is 422 g/mol. The summed E-state index contributed by atoms with van der Waals surface area (Å²) in [5.74, 6) is -2.69. The van der Waals surface area contributed by atoms with Crippen LogP contribution in [0, 0.1) is 0 Å². The molecule has 2 N–H and O–H groups in total. The molecule has 0 radical (unpaired) electrons. The van der Waals surface area contributed by atoms with Gasteiger partial charge in [-0.1, -0.05) is 47.6 Å². The van der Waals surface area contributed by atoms with Crippen LogP contribution in [0.4, 0.5) is 13.2 Å². The maximum atomic E-state index is 12.8. The molecule has 0 saturated carbocycles. The van der Waals surface area contributed by atoms with Crippen molar-refractivity contribution < 1.29 is 32.6 Å². The number of aliphatic hydroxyl groups is 1. The fourth-order valence-electron chi connectivity index (χ4n) is 2.99. The van der Waals surface area contributed by atoms with Crippen molar-refractivity contribution in [1.82, 2.24) is 5.32 Å². The van der Waals surface area contributed by atoms with Crippen molar-refractivity contribution in [2.24, 2.45) is 5.16 Å². The molecule has 0 aromatic heterocycles. The average molecular weight is 422 g/mol. The van der Waals surface area contributed by atoms with Crippen molar-refractivity contribution >= 4 is 11.6 Å². The van der Waals surface area contributed by atoms with E-state index in [-0.39, 0.29) is 18.2 Å². The zero-order valence-electron chi connectivity index (χ0n) is 16.2. The first-order chi connectivity index (χ1) is 14.2.